The smallest absolute Gasteiger partial charge is 0.484 e. The summed E-state index contributed by atoms with van der Waals surface area (Å²) in [6.45, 7) is 3.14. The first-order valence-electron chi connectivity index (χ1n) is 9.79. The Morgan fingerprint density at radius 2 is 1.76 bits per heavy atom. The van der Waals surface area contributed by atoms with Crippen molar-refractivity contribution in [3.63, 3.8) is 0 Å². The first kappa shape index (κ1) is 26.9. The van der Waals surface area contributed by atoms with Gasteiger partial charge < -0.3 is 25.2 Å². The Kier molecular flexibility index (Phi) is 9.28. The van der Waals surface area contributed by atoms with E-state index < -0.39 is 35.3 Å². The van der Waals surface area contributed by atoms with Gasteiger partial charge in [-0.15, -0.1) is 13.2 Å². The van der Waals surface area contributed by atoms with E-state index in [1.54, 1.807) is 0 Å². The van der Waals surface area contributed by atoms with Gasteiger partial charge in [0.2, 0.25) is 0 Å². The van der Waals surface area contributed by atoms with Gasteiger partial charge in [-0.2, -0.15) is 0 Å². The molecule has 0 bridgehead atoms. The molecule has 12 heteroatoms. The lowest BCUT2D eigenvalue weighted by Crippen LogP contribution is -2.42. The molecule has 184 valence electrons. The van der Waals surface area contributed by atoms with Gasteiger partial charge in [-0.1, -0.05) is 24.3 Å². The molecule has 7 nitrogen and oxygen atoms in total. The number of aliphatic hydroxyl groups is 1. The van der Waals surface area contributed by atoms with E-state index in [0.29, 0.717) is 0 Å². The Hall–Kier alpha value is -3.31. The maximum Gasteiger partial charge on any atom is 0.573 e. The molecule has 0 saturated heterocycles. The zero-order chi connectivity index (χ0) is 25.4. The fraction of sp³-hybridized carbons (Fsp3) is 0.273. The third-order valence-corrected chi connectivity index (χ3v) is 4.70. The highest BCUT2D eigenvalue weighted by Gasteiger charge is 2.33. The Morgan fingerprint density at radius 3 is 2.35 bits per heavy atom. The monoisotopic (exact) mass is 504 g/mol. The van der Waals surface area contributed by atoms with E-state index >= 15 is 0 Å². The number of amides is 2. The van der Waals surface area contributed by atoms with Gasteiger partial charge in [-0.3, -0.25) is 9.59 Å². The Bertz CT molecular complexity index is 1020. The number of hydrogen-bond donors (Lipinski definition) is 3. The van der Waals surface area contributed by atoms with Gasteiger partial charge in [0, 0.05) is 18.3 Å². The summed E-state index contributed by atoms with van der Waals surface area (Å²) in [6, 6.07) is 8.09. The first-order valence-corrected chi connectivity index (χ1v) is 10.2. The standard InChI is InChI=1S/C22H21ClF4N2O5/c1-2-21(32,20(31)29-14-4-6-15(7-5-14)34-22(25,26)27)10-3-11-28-19(30)13-33-16-8-9-17(23)18(24)12-16/h2,4-9,12,32H,1,3,10-11,13H2,(H,28,30)(H,29,31). The number of ether oxygens (including phenoxy) is 2. The number of nitrogens with one attached hydrogen (secondary N) is 2. The number of halogens is 5. The third kappa shape index (κ3) is 8.56. The van der Waals surface area contributed by atoms with Crippen molar-refractivity contribution in [2.45, 2.75) is 24.8 Å². The second-order valence-corrected chi connectivity index (χ2v) is 7.38. The van der Waals surface area contributed by atoms with Crippen molar-refractivity contribution in [2.75, 3.05) is 18.5 Å². The summed E-state index contributed by atoms with van der Waals surface area (Å²) in [7, 11) is 0. The van der Waals surface area contributed by atoms with Crippen LogP contribution < -0.4 is 20.1 Å². The Balaban J connectivity index is 1.78. The normalized spacial score (nSPS) is 12.9. The number of rotatable bonds is 11. The molecule has 2 rings (SSSR count). The molecule has 2 aromatic rings. The minimum atomic E-state index is -4.84. The lowest BCUT2D eigenvalue weighted by Gasteiger charge is -2.23. The summed E-state index contributed by atoms with van der Waals surface area (Å²) in [5.74, 6) is -2.40. The van der Waals surface area contributed by atoms with E-state index in [9.17, 15) is 32.3 Å². The molecular weight excluding hydrogens is 484 g/mol. The van der Waals surface area contributed by atoms with Gasteiger partial charge >= 0.3 is 6.36 Å². The van der Waals surface area contributed by atoms with Crippen molar-refractivity contribution >= 4 is 29.1 Å². The van der Waals surface area contributed by atoms with Crippen LogP contribution in [0.1, 0.15) is 12.8 Å². The number of anilines is 1. The van der Waals surface area contributed by atoms with Gasteiger partial charge in [0.15, 0.2) is 12.2 Å². The molecule has 0 fully saturated rings. The Morgan fingerprint density at radius 1 is 1.12 bits per heavy atom. The van der Waals surface area contributed by atoms with Crippen molar-refractivity contribution in [3.05, 3.63) is 66.0 Å². The van der Waals surface area contributed by atoms with Crippen LogP contribution in [-0.4, -0.2) is 42.0 Å². The van der Waals surface area contributed by atoms with Crippen LogP contribution in [0.2, 0.25) is 5.02 Å². The number of alkyl halides is 3. The lowest BCUT2D eigenvalue weighted by atomic mass is 9.96. The second-order valence-electron chi connectivity index (χ2n) is 6.97. The molecule has 0 saturated carbocycles. The van der Waals surface area contributed by atoms with E-state index in [1.807, 2.05) is 0 Å². The summed E-state index contributed by atoms with van der Waals surface area (Å²) in [6.07, 6.45) is -3.76. The van der Waals surface area contributed by atoms with E-state index in [4.69, 9.17) is 16.3 Å². The van der Waals surface area contributed by atoms with Crippen molar-refractivity contribution in [3.8, 4) is 11.5 Å². The van der Waals surface area contributed by atoms with E-state index in [1.165, 1.54) is 24.3 Å². The zero-order valence-corrected chi connectivity index (χ0v) is 18.4. The van der Waals surface area contributed by atoms with Crippen LogP contribution in [0.4, 0.5) is 23.2 Å². The molecule has 2 amide bonds. The minimum Gasteiger partial charge on any atom is -0.484 e. The van der Waals surface area contributed by atoms with Crippen LogP contribution in [0, 0.1) is 5.82 Å². The third-order valence-electron chi connectivity index (χ3n) is 4.39. The van der Waals surface area contributed by atoms with Crippen molar-refractivity contribution < 1.29 is 41.7 Å². The predicted octanol–water partition coefficient (Wildman–Crippen LogP) is 4.21. The number of carbonyl (C=O) groups is 2. The molecule has 0 aliphatic heterocycles. The van der Waals surface area contributed by atoms with Crippen LogP contribution in [0.15, 0.2) is 55.1 Å². The highest BCUT2D eigenvalue weighted by molar-refractivity contribution is 6.30. The highest BCUT2D eigenvalue weighted by Crippen LogP contribution is 2.25. The molecule has 1 unspecified atom stereocenters. The van der Waals surface area contributed by atoms with Gasteiger partial charge in [0.25, 0.3) is 11.8 Å². The molecule has 0 aliphatic rings. The largest absolute Gasteiger partial charge is 0.573 e. The van der Waals surface area contributed by atoms with Crippen LogP contribution in [0.5, 0.6) is 11.5 Å². The molecule has 34 heavy (non-hydrogen) atoms. The molecule has 0 spiro atoms. The van der Waals surface area contributed by atoms with Gasteiger partial charge in [0.05, 0.1) is 5.02 Å². The lowest BCUT2D eigenvalue weighted by molar-refractivity contribution is -0.274. The SMILES string of the molecule is C=CC(O)(CCCNC(=O)COc1ccc(Cl)c(F)c1)C(=O)Nc1ccc(OC(F)(F)F)cc1. The van der Waals surface area contributed by atoms with Gasteiger partial charge in [-0.25, -0.2) is 4.39 Å². The summed E-state index contributed by atoms with van der Waals surface area (Å²) < 4.78 is 58.9. The van der Waals surface area contributed by atoms with E-state index in [-0.39, 0.29) is 42.5 Å². The predicted molar refractivity (Wildman–Crippen MR) is 116 cm³/mol. The molecule has 0 heterocycles. The topological polar surface area (TPSA) is 96.9 Å². The van der Waals surface area contributed by atoms with Crippen molar-refractivity contribution in [1.29, 1.82) is 0 Å². The first-order chi connectivity index (χ1) is 15.9. The molecular formula is C22H21ClF4N2O5. The van der Waals surface area contributed by atoms with Crippen molar-refractivity contribution in [1.82, 2.24) is 5.32 Å². The van der Waals surface area contributed by atoms with Crippen molar-refractivity contribution in [2.24, 2.45) is 0 Å². The summed E-state index contributed by atoms with van der Waals surface area (Å²) in [5, 5.41) is 15.4. The van der Waals surface area contributed by atoms with Gasteiger partial charge in [-0.05, 0) is 49.2 Å². The summed E-state index contributed by atoms with van der Waals surface area (Å²) in [4.78, 5) is 24.3. The second kappa shape index (κ2) is 11.7. The minimum absolute atomic E-state index is 0.0805. The molecule has 0 aliphatic carbocycles. The summed E-state index contributed by atoms with van der Waals surface area (Å²) >= 11 is 5.56. The molecule has 3 N–H and O–H groups in total. The fourth-order valence-corrected chi connectivity index (χ4v) is 2.76. The van der Waals surface area contributed by atoms with E-state index in [2.05, 4.69) is 21.9 Å². The molecule has 0 radical (unpaired) electrons. The van der Waals surface area contributed by atoms with Crippen LogP contribution in [0.25, 0.3) is 0 Å². The number of hydrogen-bond acceptors (Lipinski definition) is 5. The summed E-state index contributed by atoms with van der Waals surface area (Å²) in [5.41, 5.74) is -1.87. The fourth-order valence-electron chi connectivity index (χ4n) is 2.64. The molecule has 0 aromatic heterocycles. The van der Waals surface area contributed by atoms with Crippen LogP contribution in [-0.2, 0) is 9.59 Å². The van der Waals surface area contributed by atoms with Crippen LogP contribution >= 0.6 is 11.6 Å². The average molecular weight is 505 g/mol. The van der Waals surface area contributed by atoms with E-state index in [0.717, 1.165) is 24.3 Å². The van der Waals surface area contributed by atoms with Crippen LogP contribution in [0.3, 0.4) is 0 Å². The average Bonchev–Trinajstić information content (AvgIpc) is 2.77. The number of carbonyl (C=O) groups excluding carboxylic acids is 2. The Labute approximate surface area is 197 Å². The maximum absolute atomic E-state index is 13.4. The zero-order valence-electron chi connectivity index (χ0n) is 17.6. The quantitative estimate of drug-likeness (QED) is 0.242. The maximum atomic E-state index is 13.4. The highest BCUT2D eigenvalue weighted by atomic mass is 35.5. The molecule has 2 aromatic carbocycles. The van der Waals surface area contributed by atoms with Gasteiger partial charge in [0.1, 0.15) is 17.3 Å². The number of benzene rings is 2. The molecule has 1 atom stereocenters.